The second-order valence-corrected chi connectivity index (χ2v) is 8.18. The number of hydrogen-bond donors (Lipinski definition) is 0. The van der Waals surface area contributed by atoms with Crippen molar-refractivity contribution in [2.75, 3.05) is 13.3 Å². The largest absolute Gasteiger partial charge is 0.300 e. The summed E-state index contributed by atoms with van der Waals surface area (Å²) in [5.74, 6) is 1.11. The van der Waals surface area contributed by atoms with E-state index < -0.39 is 0 Å². The third kappa shape index (κ3) is 3.05. The summed E-state index contributed by atoms with van der Waals surface area (Å²) >= 11 is 0. The zero-order valence-corrected chi connectivity index (χ0v) is 10.9. The summed E-state index contributed by atoms with van der Waals surface area (Å²) in [6.45, 7) is 9.15. The standard InChI is InChI=1S/C12H23OP/c1-10-6-5-7-12(2,14(3)4)9-11(13)8-10/h10H,5-9H2,1-4H3. The Bertz CT molecular complexity index is 212. The lowest BCUT2D eigenvalue weighted by Crippen LogP contribution is -2.28. The highest BCUT2D eigenvalue weighted by atomic mass is 31.1. The molecule has 0 spiro atoms. The van der Waals surface area contributed by atoms with E-state index in [1.54, 1.807) is 0 Å². The van der Waals surface area contributed by atoms with Gasteiger partial charge in [-0.1, -0.05) is 26.7 Å². The minimum absolute atomic E-state index is 0.00873. The molecule has 1 rings (SSSR count). The fourth-order valence-electron chi connectivity index (χ4n) is 2.29. The number of Topliss-reactive ketones (excluding diaryl/α,β-unsaturated/α-hetero) is 1. The maximum atomic E-state index is 11.8. The lowest BCUT2D eigenvalue weighted by atomic mass is 9.86. The molecule has 1 nitrogen and oxygen atoms in total. The van der Waals surface area contributed by atoms with E-state index in [1.165, 1.54) is 19.3 Å². The van der Waals surface area contributed by atoms with Crippen LogP contribution in [-0.2, 0) is 4.79 Å². The second kappa shape index (κ2) is 4.75. The van der Waals surface area contributed by atoms with Crippen LogP contribution in [0.3, 0.4) is 0 Å². The minimum Gasteiger partial charge on any atom is -0.300 e. The molecular formula is C12H23OP. The lowest BCUT2D eigenvalue weighted by molar-refractivity contribution is -0.120. The Hall–Kier alpha value is 0.100. The molecule has 0 aromatic rings. The molecule has 0 N–H and O–H groups in total. The van der Waals surface area contributed by atoms with E-state index >= 15 is 0 Å². The number of hydrogen-bond acceptors (Lipinski definition) is 1. The highest BCUT2D eigenvalue weighted by Crippen LogP contribution is 2.49. The van der Waals surface area contributed by atoms with Crippen molar-refractivity contribution in [2.24, 2.45) is 5.92 Å². The van der Waals surface area contributed by atoms with Gasteiger partial charge in [0.2, 0.25) is 0 Å². The molecule has 0 aromatic heterocycles. The van der Waals surface area contributed by atoms with Crippen LogP contribution in [-0.4, -0.2) is 24.3 Å². The molecule has 0 bridgehead atoms. The van der Waals surface area contributed by atoms with Crippen molar-refractivity contribution < 1.29 is 4.79 Å². The van der Waals surface area contributed by atoms with Crippen LogP contribution in [0.4, 0.5) is 0 Å². The first kappa shape index (κ1) is 12.2. The van der Waals surface area contributed by atoms with E-state index in [0.717, 1.165) is 12.8 Å². The van der Waals surface area contributed by atoms with Crippen LogP contribution >= 0.6 is 7.92 Å². The SMILES string of the molecule is CC1CCCC(C)(P(C)C)CC(=O)C1. The minimum atomic E-state index is 0.00873. The molecule has 2 atom stereocenters. The maximum Gasteiger partial charge on any atom is 0.134 e. The Labute approximate surface area is 89.4 Å². The van der Waals surface area contributed by atoms with E-state index in [1.807, 2.05) is 0 Å². The van der Waals surface area contributed by atoms with Crippen molar-refractivity contribution >= 4 is 13.7 Å². The third-order valence-corrected chi connectivity index (χ3v) is 6.19. The summed E-state index contributed by atoms with van der Waals surface area (Å²) in [6.07, 6.45) is 5.45. The van der Waals surface area contributed by atoms with Crippen molar-refractivity contribution in [3.63, 3.8) is 0 Å². The van der Waals surface area contributed by atoms with E-state index in [4.69, 9.17) is 0 Å². The molecule has 1 fully saturated rings. The van der Waals surface area contributed by atoms with Crippen molar-refractivity contribution in [3.05, 3.63) is 0 Å². The Morgan fingerprint density at radius 1 is 1.43 bits per heavy atom. The van der Waals surface area contributed by atoms with Crippen LogP contribution in [0.5, 0.6) is 0 Å². The Morgan fingerprint density at radius 2 is 2.07 bits per heavy atom. The normalized spacial score (nSPS) is 35.5. The molecule has 1 aliphatic carbocycles. The van der Waals surface area contributed by atoms with Gasteiger partial charge in [0.25, 0.3) is 0 Å². The molecule has 14 heavy (non-hydrogen) atoms. The number of carbonyl (C=O) groups excluding carboxylic acids is 1. The van der Waals surface area contributed by atoms with Gasteiger partial charge in [-0.25, -0.2) is 0 Å². The van der Waals surface area contributed by atoms with Gasteiger partial charge in [0.15, 0.2) is 0 Å². The van der Waals surface area contributed by atoms with Crippen LogP contribution in [0.2, 0.25) is 0 Å². The average molecular weight is 214 g/mol. The number of rotatable bonds is 1. The highest BCUT2D eigenvalue weighted by molar-refractivity contribution is 7.57. The van der Waals surface area contributed by atoms with Crippen molar-refractivity contribution in [1.29, 1.82) is 0 Å². The van der Waals surface area contributed by atoms with Crippen LogP contribution in [0.1, 0.15) is 46.0 Å². The highest BCUT2D eigenvalue weighted by Gasteiger charge is 2.32. The molecule has 0 amide bonds. The molecule has 1 aliphatic rings. The summed E-state index contributed by atoms with van der Waals surface area (Å²) in [5, 5.41) is 0.326. The topological polar surface area (TPSA) is 17.1 Å². The van der Waals surface area contributed by atoms with E-state index in [-0.39, 0.29) is 7.92 Å². The van der Waals surface area contributed by atoms with Crippen LogP contribution in [0.15, 0.2) is 0 Å². The summed E-state index contributed by atoms with van der Waals surface area (Å²) in [6, 6.07) is 0. The fraction of sp³-hybridized carbons (Fsp3) is 0.917. The van der Waals surface area contributed by atoms with Gasteiger partial charge in [0.05, 0.1) is 0 Å². The second-order valence-electron chi connectivity index (χ2n) is 5.31. The molecule has 1 saturated carbocycles. The quantitative estimate of drug-likeness (QED) is 0.609. The van der Waals surface area contributed by atoms with Gasteiger partial charge in [0.1, 0.15) is 5.78 Å². The Balaban J connectivity index is 2.67. The molecule has 0 aliphatic heterocycles. The zero-order valence-electron chi connectivity index (χ0n) is 9.97. The molecule has 0 radical (unpaired) electrons. The first-order chi connectivity index (χ1) is 6.44. The number of ketones is 1. The Kier molecular flexibility index (Phi) is 4.13. The van der Waals surface area contributed by atoms with E-state index in [0.29, 0.717) is 16.9 Å². The summed E-state index contributed by atoms with van der Waals surface area (Å²) in [4.78, 5) is 11.8. The molecule has 0 saturated heterocycles. The summed E-state index contributed by atoms with van der Waals surface area (Å²) in [5.41, 5.74) is 0. The van der Waals surface area contributed by atoms with Crippen molar-refractivity contribution in [1.82, 2.24) is 0 Å². The van der Waals surface area contributed by atoms with Gasteiger partial charge in [-0.3, -0.25) is 4.79 Å². The van der Waals surface area contributed by atoms with Gasteiger partial charge in [-0.05, 0) is 30.8 Å². The van der Waals surface area contributed by atoms with E-state index in [2.05, 4.69) is 27.2 Å². The molecule has 0 heterocycles. The predicted octanol–water partition coefficient (Wildman–Crippen LogP) is 3.66. The number of carbonyl (C=O) groups is 1. The molecule has 82 valence electrons. The molecular weight excluding hydrogens is 191 g/mol. The smallest absolute Gasteiger partial charge is 0.134 e. The van der Waals surface area contributed by atoms with Crippen molar-refractivity contribution in [2.45, 2.75) is 51.1 Å². The van der Waals surface area contributed by atoms with Crippen molar-refractivity contribution in [3.8, 4) is 0 Å². The van der Waals surface area contributed by atoms with Crippen LogP contribution < -0.4 is 0 Å². The van der Waals surface area contributed by atoms with Gasteiger partial charge >= 0.3 is 0 Å². The van der Waals surface area contributed by atoms with Gasteiger partial charge < -0.3 is 0 Å². The zero-order chi connectivity index (χ0) is 10.8. The van der Waals surface area contributed by atoms with Gasteiger partial charge in [0, 0.05) is 12.8 Å². The van der Waals surface area contributed by atoms with Gasteiger partial charge in [-0.15, -0.1) is 7.92 Å². The third-order valence-electron chi connectivity index (χ3n) is 3.65. The summed E-state index contributed by atoms with van der Waals surface area (Å²) < 4.78 is 0. The van der Waals surface area contributed by atoms with Crippen LogP contribution in [0.25, 0.3) is 0 Å². The lowest BCUT2D eigenvalue weighted by Gasteiger charge is -2.36. The maximum absolute atomic E-state index is 11.8. The van der Waals surface area contributed by atoms with Crippen LogP contribution in [0, 0.1) is 5.92 Å². The average Bonchev–Trinajstić information content (AvgIpc) is 2.00. The first-order valence-electron chi connectivity index (χ1n) is 5.63. The summed E-state index contributed by atoms with van der Waals surface area (Å²) in [7, 11) is 0.00873. The van der Waals surface area contributed by atoms with Gasteiger partial charge in [-0.2, -0.15) is 0 Å². The predicted molar refractivity (Wildman–Crippen MR) is 64.4 cm³/mol. The van der Waals surface area contributed by atoms with E-state index in [9.17, 15) is 4.79 Å². The molecule has 0 aromatic carbocycles. The molecule has 2 unspecified atom stereocenters. The Morgan fingerprint density at radius 3 is 2.64 bits per heavy atom. The molecule has 2 heteroatoms. The monoisotopic (exact) mass is 214 g/mol. The fourth-order valence-corrected chi connectivity index (χ4v) is 3.39. The first-order valence-corrected chi connectivity index (χ1v) is 7.87.